The van der Waals surface area contributed by atoms with Crippen LogP contribution in [0.15, 0.2) is 6.07 Å². The van der Waals surface area contributed by atoms with E-state index in [9.17, 15) is 4.79 Å². The third kappa shape index (κ3) is 1.73. The Morgan fingerprint density at radius 2 is 2.40 bits per heavy atom. The zero-order chi connectivity index (χ0) is 11.0. The number of fused-ring (bicyclic) bond motifs is 1. The molecule has 2 heterocycles. The molecule has 0 saturated heterocycles. The molecule has 0 bridgehead atoms. The predicted octanol–water partition coefficient (Wildman–Crippen LogP) is 0.837. The molecule has 0 unspecified atom stereocenters. The van der Waals surface area contributed by atoms with Crippen molar-refractivity contribution in [3.8, 4) is 5.88 Å². The second kappa shape index (κ2) is 4.05. The molecule has 5 nitrogen and oxygen atoms in total. The molecule has 0 aliphatic heterocycles. The fourth-order valence-electron chi connectivity index (χ4n) is 1.35. The van der Waals surface area contributed by atoms with Crippen LogP contribution in [0, 0.1) is 0 Å². The fourth-order valence-corrected chi connectivity index (χ4v) is 2.74. The summed E-state index contributed by atoms with van der Waals surface area (Å²) in [4.78, 5) is 14.8. The maximum atomic E-state index is 10.8. The van der Waals surface area contributed by atoms with Gasteiger partial charge in [-0.25, -0.2) is 0 Å². The molecule has 0 aliphatic carbocycles. The minimum atomic E-state index is 0.265. The van der Waals surface area contributed by atoms with Gasteiger partial charge in [0.1, 0.15) is 0 Å². The monoisotopic (exact) mass is 415 g/mol. The van der Waals surface area contributed by atoms with Gasteiger partial charge < -0.3 is 0 Å². The summed E-state index contributed by atoms with van der Waals surface area (Å²) in [6.45, 7) is 0. The minimum absolute atomic E-state index is 0.265. The number of carbonyl (C=O) groups excluding carboxylic acids is 1. The predicted molar refractivity (Wildman–Crippen MR) is 55.6 cm³/mol. The molecule has 15 heavy (non-hydrogen) atoms. The number of hydrogen-bond donors (Lipinski definition) is 0. The summed E-state index contributed by atoms with van der Waals surface area (Å²) in [5.41, 5.74) is 1.06. The van der Waals surface area contributed by atoms with Crippen molar-refractivity contribution < 1.29 is 9.53 Å². The Labute approximate surface area is 106 Å². The number of hydrogen-bond acceptors (Lipinski definition) is 4. The van der Waals surface area contributed by atoms with Crippen LogP contribution in [0.5, 0.6) is 5.88 Å². The van der Waals surface area contributed by atoms with Crippen molar-refractivity contribution >= 4 is 54.9 Å². The molecule has 2 aromatic rings. The van der Waals surface area contributed by atoms with Crippen molar-refractivity contribution in [1.29, 1.82) is 0 Å². The number of nitrogens with zero attached hydrogens (tertiary/aromatic N) is 3. The number of pyridine rings is 1. The first-order valence-corrected chi connectivity index (χ1v) is 6.39. The third-order valence-corrected chi connectivity index (χ3v) is 3.68. The van der Waals surface area contributed by atoms with Gasteiger partial charge in [-0.15, -0.1) is 0 Å². The fraction of sp³-hybridized carbons (Fsp3) is 0.125. The normalized spacial score (nSPS) is 10.5. The van der Waals surface area contributed by atoms with Gasteiger partial charge in [0.05, 0.1) is 0 Å². The zero-order valence-corrected chi connectivity index (χ0v) is 13.0. The quantitative estimate of drug-likeness (QED) is 0.415. The molecular formula is C8H5ClN3O2Tl. The number of rotatable bonds is 2. The van der Waals surface area contributed by atoms with Crippen LogP contribution >= 0.6 is 11.6 Å². The zero-order valence-electron chi connectivity index (χ0n) is 7.77. The average molecular weight is 415 g/mol. The Balaban J connectivity index is 2.92. The second-order valence-corrected chi connectivity index (χ2v) is 5.08. The van der Waals surface area contributed by atoms with Crippen LogP contribution in [0.25, 0.3) is 10.9 Å². The Bertz CT molecular complexity index is 540. The topological polar surface area (TPSA) is 57.0 Å². The van der Waals surface area contributed by atoms with E-state index in [0.29, 0.717) is 43.6 Å². The molecular weight excluding hydrogens is 410 g/mol. The summed E-state index contributed by atoms with van der Waals surface area (Å²) in [5, 5.41) is 5.08. The van der Waals surface area contributed by atoms with Gasteiger partial charge in [-0.05, 0) is 0 Å². The molecule has 2 rings (SSSR count). The van der Waals surface area contributed by atoms with E-state index in [1.54, 1.807) is 8.56 Å². The van der Waals surface area contributed by atoms with Gasteiger partial charge in [-0.3, -0.25) is 0 Å². The Morgan fingerprint density at radius 3 is 3.00 bits per heavy atom. The van der Waals surface area contributed by atoms with Gasteiger partial charge >= 0.3 is 107 Å². The summed E-state index contributed by atoms with van der Waals surface area (Å²) in [6.07, 6.45) is 0.656. The average Bonchev–Trinajstić information content (AvgIpc) is 2.55. The van der Waals surface area contributed by atoms with Crippen LogP contribution in [0.2, 0.25) is 5.15 Å². The number of ether oxygens (including phenoxy) is 1. The summed E-state index contributed by atoms with van der Waals surface area (Å²) in [5.74, 6) is 0.416. The van der Waals surface area contributed by atoms with Crippen molar-refractivity contribution in [3.05, 3.63) is 16.9 Å². The van der Waals surface area contributed by atoms with Crippen molar-refractivity contribution in [3.63, 3.8) is 0 Å². The van der Waals surface area contributed by atoms with Gasteiger partial charge in [0, 0.05) is 0 Å². The van der Waals surface area contributed by atoms with E-state index >= 15 is 0 Å². The molecule has 0 saturated carbocycles. The van der Waals surface area contributed by atoms with E-state index in [1.165, 1.54) is 7.11 Å². The first kappa shape index (κ1) is 10.8. The Kier molecular flexibility index (Phi) is 2.92. The van der Waals surface area contributed by atoms with Crippen LogP contribution in [-0.2, 0) is 0 Å². The molecule has 0 atom stereocenters. The van der Waals surface area contributed by atoms with Gasteiger partial charge in [0.15, 0.2) is 0 Å². The third-order valence-electron chi connectivity index (χ3n) is 1.96. The molecule has 2 aromatic heterocycles. The molecule has 7 heteroatoms. The van der Waals surface area contributed by atoms with Crippen molar-refractivity contribution in [2.75, 3.05) is 7.11 Å². The van der Waals surface area contributed by atoms with E-state index in [-0.39, 0.29) is 10.8 Å². The second-order valence-electron chi connectivity index (χ2n) is 2.80. The molecule has 0 aromatic carbocycles. The number of aldehydes is 1. The molecule has 74 valence electrons. The van der Waals surface area contributed by atoms with E-state index < -0.39 is 0 Å². The van der Waals surface area contributed by atoms with E-state index in [0.717, 1.165) is 5.52 Å². The Morgan fingerprint density at radius 1 is 1.67 bits per heavy atom. The number of carbonyl (C=O) groups is 1. The number of aromatic nitrogens is 3. The van der Waals surface area contributed by atoms with Crippen LogP contribution in [0.3, 0.4) is 0 Å². The Hall–Kier alpha value is -0.698. The molecule has 0 amide bonds. The van der Waals surface area contributed by atoms with Gasteiger partial charge in [-0.1, -0.05) is 0 Å². The first-order valence-electron chi connectivity index (χ1n) is 4.01. The number of halogens is 1. The first-order chi connectivity index (χ1) is 7.17. The van der Waals surface area contributed by atoms with Gasteiger partial charge in [0.25, 0.3) is 0 Å². The van der Waals surface area contributed by atoms with Crippen LogP contribution < -0.4 is 4.74 Å². The summed E-state index contributed by atoms with van der Waals surface area (Å²) in [6, 6.07) is 1.68. The maximum absolute atomic E-state index is 10.8. The van der Waals surface area contributed by atoms with Crippen LogP contribution in [-0.4, -0.2) is 52.0 Å². The summed E-state index contributed by atoms with van der Waals surface area (Å²) >= 11 is 6.27. The SMILES string of the molecule is COc1n[n]([Tl])c2cc(Cl)nc(C=O)c12. The van der Waals surface area contributed by atoms with Crippen molar-refractivity contribution in [1.82, 2.24) is 12.6 Å². The van der Waals surface area contributed by atoms with Crippen LogP contribution in [0.1, 0.15) is 10.5 Å². The van der Waals surface area contributed by atoms with Gasteiger partial charge in [0.2, 0.25) is 0 Å². The molecule has 0 N–H and O–H groups in total. The summed E-state index contributed by atoms with van der Waals surface area (Å²) < 4.78 is 6.84. The van der Waals surface area contributed by atoms with Gasteiger partial charge in [-0.2, -0.15) is 0 Å². The number of methoxy groups -OCH3 is 1. The van der Waals surface area contributed by atoms with Crippen molar-refractivity contribution in [2.24, 2.45) is 0 Å². The van der Waals surface area contributed by atoms with Crippen molar-refractivity contribution in [2.45, 2.75) is 0 Å². The van der Waals surface area contributed by atoms with E-state index in [2.05, 4.69) is 10.1 Å². The molecule has 0 radical (unpaired) electrons. The summed E-state index contributed by atoms with van der Waals surface area (Å²) in [7, 11) is 1.51. The molecule has 0 aliphatic rings. The van der Waals surface area contributed by atoms with E-state index in [1.807, 2.05) is 0 Å². The van der Waals surface area contributed by atoms with Crippen LogP contribution in [0.4, 0.5) is 0 Å². The molecule has 0 fully saturated rings. The van der Waals surface area contributed by atoms with E-state index in [4.69, 9.17) is 16.3 Å². The molecule has 0 spiro atoms. The standard InChI is InChI=1S/C8H6ClN3O2.Tl/c1-14-8-7-4(11-12-8)2-6(9)10-5(7)3-13;/h2-3H,1H3,(H,10,11,12,13);/q;+1/p-1.